The highest BCUT2D eigenvalue weighted by molar-refractivity contribution is 7.89. The predicted molar refractivity (Wildman–Crippen MR) is 83.2 cm³/mol. The molecule has 2 rings (SSSR count). The van der Waals surface area contributed by atoms with Crippen molar-refractivity contribution in [3.05, 3.63) is 53.3 Å². The van der Waals surface area contributed by atoms with Crippen LogP contribution in [0, 0.1) is 13.8 Å². The van der Waals surface area contributed by atoms with Gasteiger partial charge in [0.1, 0.15) is 4.90 Å². The van der Waals surface area contributed by atoms with Gasteiger partial charge in [-0.05, 0) is 49.2 Å². The van der Waals surface area contributed by atoms with E-state index in [-0.39, 0.29) is 17.1 Å². The first-order chi connectivity index (χ1) is 9.82. The number of aromatic nitrogens is 1. The number of aryl methyl sites for hydroxylation is 2. The largest absolute Gasteiger partial charge is 0.398 e. The molecular weight excluding hydrogens is 286 g/mol. The molecule has 0 aliphatic heterocycles. The molecule has 0 radical (unpaired) electrons. The second kappa shape index (κ2) is 5.83. The Balaban J connectivity index is 2.36. The zero-order valence-electron chi connectivity index (χ0n) is 12.4. The summed E-state index contributed by atoms with van der Waals surface area (Å²) in [6, 6.07) is 8.72. The Labute approximate surface area is 125 Å². The number of sulfonamides is 1. The van der Waals surface area contributed by atoms with Gasteiger partial charge in [-0.15, -0.1) is 0 Å². The van der Waals surface area contributed by atoms with Crippen LogP contribution >= 0.6 is 0 Å². The summed E-state index contributed by atoms with van der Waals surface area (Å²) >= 11 is 0. The minimum atomic E-state index is -3.64. The summed E-state index contributed by atoms with van der Waals surface area (Å²) in [5, 5.41) is 0. The number of benzene rings is 1. The molecule has 21 heavy (non-hydrogen) atoms. The van der Waals surface area contributed by atoms with Crippen LogP contribution in [0.4, 0.5) is 5.69 Å². The molecule has 1 aromatic heterocycles. The van der Waals surface area contributed by atoms with Crippen LogP contribution in [0.3, 0.4) is 0 Å². The maximum absolute atomic E-state index is 12.6. The molecule has 0 fully saturated rings. The van der Waals surface area contributed by atoms with E-state index in [1.807, 2.05) is 19.9 Å². The molecule has 2 aromatic rings. The highest BCUT2D eigenvalue weighted by Crippen LogP contribution is 2.25. The Hall–Kier alpha value is -1.92. The van der Waals surface area contributed by atoms with Gasteiger partial charge in [0, 0.05) is 13.2 Å². The van der Waals surface area contributed by atoms with Crippen LogP contribution in [-0.4, -0.2) is 24.8 Å². The number of nitrogens with two attached hydrogens (primary N) is 1. The first-order valence-electron chi connectivity index (χ1n) is 6.55. The topological polar surface area (TPSA) is 76.3 Å². The molecule has 0 aliphatic carbocycles. The lowest BCUT2D eigenvalue weighted by molar-refractivity contribution is 0.462. The van der Waals surface area contributed by atoms with Crippen molar-refractivity contribution in [1.29, 1.82) is 0 Å². The Morgan fingerprint density at radius 3 is 2.48 bits per heavy atom. The lowest BCUT2D eigenvalue weighted by Gasteiger charge is -2.19. The van der Waals surface area contributed by atoms with Gasteiger partial charge in [0.15, 0.2) is 0 Å². The fourth-order valence-corrected chi connectivity index (χ4v) is 3.33. The summed E-state index contributed by atoms with van der Waals surface area (Å²) in [4.78, 5) is 4.29. The Morgan fingerprint density at radius 2 is 1.86 bits per heavy atom. The average molecular weight is 305 g/mol. The summed E-state index contributed by atoms with van der Waals surface area (Å²) < 4.78 is 26.5. The maximum Gasteiger partial charge on any atom is 0.245 e. The molecule has 5 nitrogen and oxygen atoms in total. The molecule has 0 amide bonds. The standard InChI is InChI=1S/C15H19N3O2S/c1-11-8-14(16)15(9-12(11)2)21(19,20)18(3)10-13-6-4-5-7-17-13/h4-9H,10,16H2,1-3H3. The summed E-state index contributed by atoms with van der Waals surface area (Å²) in [5.41, 5.74) is 8.71. The summed E-state index contributed by atoms with van der Waals surface area (Å²) in [6.45, 7) is 3.97. The number of hydrogen-bond acceptors (Lipinski definition) is 4. The van der Waals surface area contributed by atoms with E-state index in [1.165, 1.54) is 11.4 Å². The van der Waals surface area contributed by atoms with Crippen molar-refractivity contribution >= 4 is 15.7 Å². The lowest BCUT2D eigenvalue weighted by Crippen LogP contribution is -2.27. The monoisotopic (exact) mass is 305 g/mol. The number of anilines is 1. The third kappa shape index (κ3) is 3.22. The van der Waals surface area contributed by atoms with Gasteiger partial charge >= 0.3 is 0 Å². The van der Waals surface area contributed by atoms with Crippen molar-refractivity contribution in [3.8, 4) is 0 Å². The minimum Gasteiger partial charge on any atom is -0.398 e. The van der Waals surface area contributed by atoms with Crippen LogP contribution in [0.15, 0.2) is 41.4 Å². The first-order valence-corrected chi connectivity index (χ1v) is 7.99. The van der Waals surface area contributed by atoms with Gasteiger partial charge in [0.2, 0.25) is 10.0 Å². The maximum atomic E-state index is 12.6. The van der Waals surface area contributed by atoms with Gasteiger partial charge in [-0.25, -0.2) is 8.42 Å². The van der Waals surface area contributed by atoms with E-state index in [0.29, 0.717) is 5.69 Å². The van der Waals surface area contributed by atoms with E-state index in [2.05, 4.69) is 4.98 Å². The minimum absolute atomic E-state index is 0.143. The molecule has 1 aromatic carbocycles. The van der Waals surface area contributed by atoms with E-state index in [1.54, 1.807) is 30.5 Å². The van der Waals surface area contributed by atoms with Gasteiger partial charge in [-0.1, -0.05) is 6.07 Å². The highest BCUT2D eigenvalue weighted by Gasteiger charge is 2.24. The fourth-order valence-electron chi connectivity index (χ4n) is 2.01. The number of nitrogens with zero attached hydrogens (tertiary/aromatic N) is 2. The fraction of sp³-hybridized carbons (Fsp3) is 0.267. The van der Waals surface area contributed by atoms with Crippen molar-refractivity contribution < 1.29 is 8.42 Å². The molecule has 0 saturated carbocycles. The van der Waals surface area contributed by atoms with Crippen molar-refractivity contribution in [2.75, 3.05) is 12.8 Å². The summed E-state index contributed by atoms with van der Waals surface area (Å²) in [5.74, 6) is 0. The zero-order valence-corrected chi connectivity index (χ0v) is 13.2. The third-order valence-corrected chi connectivity index (χ3v) is 5.28. The van der Waals surface area contributed by atoms with Crippen molar-refractivity contribution in [2.45, 2.75) is 25.3 Å². The Kier molecular flexibility index (Phi) is 4.29. The highest BCUT2D eigenvalue weighted by atomic mass is 32.2. The molecule has 0 unspecified atom stereocenters. The number of pyridine rings is 1. The summed E-state index contributed by atoms with van der Waals surface area (Å²) in [6.07, 6.45) is 1.64. The lowest BCUT2D eigenvalue weighted by atomic mass is 10.1. The molecule has 0 spiro atoms. The smallest absolute Gasteiger partial charge is 0.245 e. The van der Waals surface area contributed by atoms with E-state index in [0.717, 1.165) is 11.1 Å². The van der Waals surface area contributed by atoms with Crippen LogP contribution < -0.4 is 5.73 Å². The molecule has 0 atom stereocenters. The van der Waals surface area contributed by atoms with Crippen LogP contribution in [0.25, 0.3) is 0 Å². The van der Waals surface area contributed by atoms with E-state index < -0.39 is 10.0 Å². The Morgan fingerprint density at radius 1 is 1.19 bits per heavy atom. The van der Waals surface area contributed by atoms with Crippen LogP contribution in [0.2, 0.25) is 0 Å². The van der Waals surface area contributed by atoms with Gasteiger partial charge in [0.25, 0.3) is 0 Å². The van der Waals surface area contributed by atoms with Gasteiger partial charge in [0.05, 0.1) is 17.9 Å². The third-order valence-electron chi connectivity index (χ3n) is 3.43. The van der Waals surface area contributed by atoms with E-state index in [9.17, 15) is 8.42 Å². The average Bonchev–Trinajstić information content (AvgIpc) is 2.43. The van der Waals surface area contributed by atoms with Crippen molar-refractivity contribution in [2.24, 2.45) is 0 Å². The number of hydrogen-bond donors (Lipinski definition) is 1. The molecule has 2 N–H and O–H groups in total. The molecule has 112 valence electrons. The normalized spacial score (nSPS) is 11.8. The number of nitrogen functional groups attached to an aromatic ring is 1. The van der Waals surface area contributed by atoms with Crippen LogP contribution in [-0.2, 0) is 16.6 Å². The van der Waals surface area contributed by atoms with E-state index >= 15 is 0 Å². The van der Waals surface area contributed by atoms with Gasteiger partial charge < -0.3 is 5.73 Å². The Bertz CT molecular complexity index is 743. The first kappa shape index (κ1) is 15.5. The quantitative estimate of drug-likeness (QED) is 0.878. The second-order valence-corrected chi connectivity index (χ2v) is 7.07. The molecule has 6 heteroatoms. The van der Waals surface area contributed by atoms with Crippen molar-refractivity contribution in [3.63, 3.8) is 0 Å². The molecule has 0 aliphatic rings. The molecule has 0 saturated heterocycles. The molecule has 0 bridgehead atoms. The van der Waals surface area contributed by atoms with E-state index in [4.69, 9.17) is 5.73 Å². The van der Waals surface area contributed by atoms with Crippen molar-refractivity contribution in [1.82, 2.24) is 9.29 Å². The molecular formula is C15H19N3O2S. The van der Waals surface area contributed by atoms with Crippen LogP contribution in [0.5, 0.6) is 0 Å². The van der Waals surface area contributed by atoms with Gasteiger partial charge in [-0.2, -0.15) is 4.31 Å². The predicted octanol–water partition coefficient (Wildman–Crippen LogP) is 2.10. The summed E-state index contributed by atoms with van der Waals surface area (Å²) in [7, 11) is -2.11. The zero-order chi connectivity index (χ0) is 15.6. The SMILES string of the molecule is Cc1cc(N)c(S(=O)(=O)N(C)Cc2ccccn2)cc1C. The van der Waals surface area contributed by atoms with Gasteiger partial charge in [-0.3, -0.25) is 4.98 Å². The van der Waals surface area contributed by atoms with Crippen LogP contribution in [0.1, 0.15) is 16.8 Å². The second-order valence-electron chi connectivity index (χ2n) is 5.06. The molecule has 1 heterocycles. The number of rotatable bonds is 4.